The van der Waals surface area contributed by atoms with Gasteiger partial charge in [-0.05, 0) is 0 Å². The van der Waals surface area contributed by atoms with Gasteiger partial charge in [0.05, 0.1) is 6.20 Å². The number of carbonyl (C=O) groups excluding carboxylic acids is 2. The highest BCUT2D eigenvalue weighted by atomic mass is 16.5. The highest BCUT2D eigenvalue weighted by Crippen LogP contribution is 1.99. The SMILES string of the molecule is Cn1c(NC(=O)COC(=O)c2cnccn2)cc(=O)n(C)c1=O. The van der Waals surface area contributed by atoms with Crippen molar-refractivity contribution in [2.24, 2.45) is 14.1 Å². The molecule has 2 heterocycles. The number of esters is 1. The fourth-order valence-corrected chi connectivity index (χ4v) is 1.64. The summed E-state index contributed by atoms with van der Waals surface area (Å²) in [6, 6.07) is 1.09. The van der Waals surface area contributed by atoms with Crippen LogP contribution in [0.4, 0.5) is 5.82 Å². The van der Waals surface area contributed by atoms with Gasteiger partial charge in [0.1, 0.15) is 5.82 Å². The number of amides is 1. The van der Waals surface area contributed by atoms with Crippen LogP contribution in [0.3, 0.4) is 0 Å². The lowest BCUT2D eigenvalue weighted by Gasteiger charge is -2.10. The maximum atomic E-state index is 11.8. The molecule has 10 heteroatoms. The number of nitrogens with one attached hydrogen (secondary N) is 1. The molecule has 10 nitrogen and oxygen atoms in total. The van der Waals surface area contributed by atoms with E-state index in [2.05, 4.69) is 15.3 Å². The second kappa shape index (κ2) is 6.64. The lowest BCUT2D eigenvalue weighted by molar-refractivity contribution is -0.119. The third-order valence-electron chi connectivity index (χ3n) is 2.90. The average Bonchev–Trinajstić information content (AvgIpc) is 2.56. The molecule has 1 amide bonds. The Kier molecular flexibility index (Phi) is 4.64. The van der Waals surface area contributed by atoms with Crippen LogP contribution < -0.4 is 16.6 Å². The van der Waals surface area contributed by atoms with Gasteiger partial charge in [0.2, 0.25) is 0 Å². The molecule has 0 unspecified atom stereocenters. The summed E-state index contributed by atoms with van der Waals surface area (Å²) in [6.45, 7) is -0.598. The fraction of sp³-hybridized carbons (Fsp3) is 0.231. The minimum Gasteiger partial charge on any atom is -0.451 e. The quantitative estimate of drug-likeness (QED) is 0.692. The lowest BCUT2D eigenvalue weighted by atomic mass is 10.4. The predicted molar refractivity (Wildman–Crippen MR) is 77.9 cm³/mol. The highest BCUT2D eigenvalue weighted by molar-refractivity contribution is 5.94. The van der Waals surface area contributed by atoms with Gasteiger partial charge in [0.15, 0.2) is 12.3 Å². The summed E-state index contributed by atoms with van der Waals surface area (Å²) in [6.07, 6.45) is 3.90. The molecule has 0 aliphatic heterocycles. The Morgan fingerprint density at radius 3 is 2.61 bits per heavy atom. The van der Waals surface area contributed by atoms with Gasteiger partial charge in [0.25, 0.3) is 11.5 Å². The van der Waals surface area contributed by atoms with Gasteiger partial charge in [-0.3, -0.25) is 23.7 Å². The topological polar surface area (TPSA) is 125 Å². The van der Waals surface area contributed by atoms with Crippen molar-refractivity contribution < 1.29 is 14.3 Å². The van der Waals surface area contributed by atoms with E-state index in [0.717, 1.165) is 15.2 Å². The van der Waals surface area contributed by atoms with Crippen molar-refractivity contribution in [2.75, 3.05) is 11.9 Å². The second-order valence-electron chi connectivity index (χ2n) is 4.48. The van der Waals surface area contributed by atoms with Crippen molar-refractivity contribution >= 4 is 17.7 Å². The zero-order chi connectivity index (χ0) is 17.0. The first-order chi connectivity index (χ1) is 10.9. The van der Waals surface area contributed by atoms with Crippen LogP contribution in [-0.2, 0) is 23.6 Å². The van der Waals surface area contributed by atoms with Gasteiger partial charge in [-0.2, -0.15) is 0 Å². The van der Waals surface area contributed by atoms with Crippen molar-refractivity contribution in [3.05, 3.63) is 51.2 Å². The molecule has 0 radical (unpaired) electrons. The van der Waals surface area contributed by atoms with Crippen molar-refractivity contribution in [1.29, 1.82) is 0 Å². The van der Waals surface area contributed by atoms with E-state index in [1.54, 1.807) is 0 Å². The number of carbonyl (C=O) groups is 2. The van der Waals surface area contributed by atoms with Crippen LogP contribution in [0.5, 0.6) is 0 Å². The first-order valence-corrected chi connectivity index (χ1v) is 6.40. The van der Waals surface area contributed by atoms with Gasteiger partial charge in [-0.1, -0.05) is 0 Å². The highest BCUT2D eigenvalue weighted by Gasteiger charge is 2.13. The van der Waals surface area contributed by atoms with Gasteiger partial charge < -0.3 is 10.1 Å². The molecule has 23 heavy (non-hydrogen) atoms. The van der Waals surface area contributed by atoms with E-state index >= 15 is 0 Å². The largest absolute Gasteiger partial charge is 0.451 e. The Bertz CT molecular complexity index is 855. The summed E-state index contributed by atoms with van der Waals surface area (Å²) in [5.74, 6) is -1.52. The van der Waals surface area contributed by atoms with Crippen LogP contribution in [0.15, 0.2) is 34.2 Å². The summed E-state index contributed by atoms with van der Waals surface area (Å²) in [5, 5.41) is 2.32. The van der Waals surface area contributed by atoms with Crippen molar-refractivity contribution in [1.82, 2.24) is 19.1 Å². The van der Waals surface area contributed by atoms with Gasteiger partial charge >= 0.3 is 11.7 Å². The number of aromatic nitrogens is 4. The molecule has 1 N–H and O–H groups in total. The molecule has 0 aromatic carbocycles. The number of ether oxygens (including phenoxy) is 1. The summed E-state index contributed by atoms with van der Waals surface area (Å²) in [5.41, 5.74) is -1.20. The summed E-state index contributed by atoms with van der Waals surface area (Å²) < 4.78 is 6.74. The Hall–Kier alpha value is -3.30. The Balaban J connectivity index is 2.02. The number of anilines is 1. The smallest absolute Gasteiger partial charge is 0.359 e. The summed E-state index contributed by atoms with van der Waals surface area (Å²) in [4.78, 5) is 54.1. The van der Waals surface area contributed by atoms with E-state index in [-0.39, 0.29) is 11.5 Å². The van der Waals surface area contributed by atoms with E-state index in [4.69, 9.17) is 4.74 Å². The molecule has 2 aromatic rings. The standard InChI is InChI=1S/C13H13N5O5/c1-17-9(5-11(20)18(2)13(17)22)16-10(19)7-23-12(21)8-6-14-3-4-15-8/h3-6H,7H2,1-2H3,(H,16,19). The molecule has 0 atom stereocenters. The third-order valence-corrected chi connectivity index (χ3v) is 2.90. The van der Waals surface area contributed by atoms with E-state index in [1.165, 1.54) is 32.7 Å². The number of rotatable bonds is 4. The molecule has 0 aliphatic carbocycles. The molecular weight excluding hydrogens is 306 g/mol. The Morgan fingerprint density at radius 1 is 1.22 bits per heavy atom. The van der Waals surface area contributed by atoms with Crippen molar-refractivity contribution in [2.45, 2.75) is 0 Å². The van der Waals surface area contributed by atoms with E-state index in [1.807, 2.05) is 0 Å². The molecule has 0 saturated heterocycles. The molecule has 0 fully saturated rings. The Labute approximate surface area is 129 Å². The van der Waals surface area contributed by atoms with Crippen LogP contribution in [0.2, 0.25) is 0 Å². The molecule has 0 saturated carbocycles. The number of nitrogens with zero attached hydrogens (tertiary/aromatic N) is 4. The Morgan fingerprint density at radius 2 is 1.96 bits per heavy atom. The zero-order valence-corrected chi connectivity index (χ0v) is 12.3. The number of hydrogen-bond acceptors (Lipinski definition) is 7. The fourth-order valence-electron chi connectivity index (χ4n) is 1.64. The normalized spacial score (nSPS) is 10.2. The third kappa shape index (κ3) is 3.67. The van der Waals surface area contributed by atoms with E-state index in [9.17, 15) is 19.2 Å². The predicted octanol–water partition coefficient (Wildman–Crippen LogP) is -1.33. The van der Waals surface area contributed by atoms with Crippen molar-refractivity contribution in [3.63, 3.8) is 0 Å². The molecule has 2 aromatic heterocycles. The summed E-state index contributed by atoms with van der Waals surface area (Å²) in [7, 11) is 2.71. The maximum absolute atomic E-state index is 11.8. The molecule has 120 valence electrons. The second-order valence-corrected chi connectivity index (χ2v) is 4.48. The van der Waals surface area contributed by atoms with Gasteiger partial charge in [-0.25, -0.2) is 14.6 Å². The summed E-state index contributed by atoms with van der Waals surface area (Å²) >= 11 is 0. The van der Waals surface area contributed by atoms with Crippen LogP contribution in [0.1, 0.15) is 10.5 Å². The molecule has 0 spiro atoms. The molecular formula is C13H13N5O5. The van der Waals surface area contributed by atoms with E-state index in [0.29, 0.717) is 0 Å². The van der Waals surface area contributed by atoms with Gasteiger partial charge in [-0.15, -0.1) is 0 Å². The maximum Gasteiger partial charge on any atom is 0.359 e. The average molecular weight is 319 g/mol. The zero-order valence-electron chi connectivity index (χ0n) is 12.3. The van der Waals surface area contributed by atoms with Crippen LogP contribution in [-0.4, -0.2) is 37.6 Å². The van der Waals surface area contributed by atoms with Gasteiger partial charge in [0, 0.05) is 32.6 Å². The number of hydrogen-bond donors (Lipinski definition) is 1. The van der Waals surface area contributed by atoms with Crippen LogP contribution >= 0.6 is 0 Å². The van der Waals surface area contributed by atoms with Crippen molar-refractivity contribution in [3.8, 4) is 0 Å². The first kappa shape index (κ1) is 16.1. The van der Waals surface area contributed by atoms with Crippen LogP contribution in [0, 0.1) is 0 Å². The van der Waals surface area contributed by atoms with E-state index < -0.39 is 29.7 Å². The molecule has 0 aliphatic rings. The van der Waals surface area contributed by atoms with Crippen LogP contribution in [0.25, 0.3) is 0 Å². The molecule has 0 bridgehead atoms. The lowest BCUT2D eigenvalue weighted by Crippen LogP contribution is -2.38. The molecule has 2 rings (SSSR count). The monoisotopic (exact) mass is 319 g/mol. The first-order valence-electron chi connectivity index (χ1n) is 6.40. The minimum atomic E-state index is -0.814. The minimum absolute atomic E-state index is 0.00125.